The highest BCUT2D eigenvalue weighted by Crippen LogP contribution is 2.40. The fourth-order valence-electron chi connectivity index (χ4n) is 4.06. The predicted octanol–water partition coefficient (Wildman–Crippen LogP) is 4.43. The Bertz CT molecular complexity index is 1180. The number of Topliss-reactive ketones (excluding diaryl/α,β-unsaturated/α-hetero) is 1. The molecule has 2 aromatic heterocycles. The maximum atomic E-state index is 12.4. The van der Waals surface area contributed by atoms with Crippen LogP contribution in [0.5, 0.6) is 0 Å². The normalized spacial score (nSPS) is 15.1. The fourth-order valence-corrected chi connectivity index (χ4v) is 4.06. The van der Waals surface area contributed by atoms with E-state index in [1.165, 1.54) is 19.2 Å². The topological polar surface area (TPSA) is 89.5 Å². The van der Waals surface area contributed by atoms with Gasteiger partial charge < -0.3 is 14.1 Å². The van der Waals surface area contributed by atoms with Crippen LogP contribution < -0.4 is 5.43 Å². The van der Waals surface area contributed by atoms with Crippen molar-refractivity contribution in [1.82, 2.24) is 4.57 Å². The van der Waals surface area contributed by atoms with E-state index in [1.54, 1.807) is 18.4 Å². The quantitative estimate of drug-likeness (QED) is 0.665. The molecule has 1 N–H and O–H groups in total. The first-order valence-electron chi connectivity index (χ1n) is 9.49. The second-order valence-corrected chi connectivity index (χ2v) is 7.75. The van der Waals surface area contributed by atoms with Gasteiger partial charge in [0.15, 0.2) is 11.2 Å². The number of carbonyl (C=O) groups is 2. The van der Waals surface area contributed by atoms with E-state index in [1.807, 2.05) is 16.7 Å². The van der Waals surface area contributed by atoms with Gasteiger partial charge in [-0.05, 0) is 49.1 Å². The zero-order chi connectivity index (χ0) is 20.9. The molecule has 6 nitrogen and oxygen atoms in total. The SMILES string of the molecule is CC(=O)c1cc2c(cc1-c1ccco1)CC(C(C)C)n1cc(C(=O)O)c(=O)cc1-2. The van der Waals surface area contributed by atoms with Crippen LogP contribution >= 0.6 is 0 Å². The number of pyridine rings is 1. The van der Waals surface area contributed by atoms with E-state index >= 15 is 0 Å². The summed E-state index contributed by atoms with van der Waals surface area (Å²) in [6, 6.07) is 8.69. The van der Waals surface area contributed by atoms with Crippen molar-refractivity contribution in [3.8, 4) is 22.6 Å². The lowest BCUT2D eigenvalue weighted by Gasteiger charge is -2.34. The molecule has 0 saturated heterocycles. The van der Waals surface area contributed by atoms with Gasteiger partial charge in [0.2, 0.25) is 0 Å². The molecule has 148 valence electrons. The average Bonchev–Trinajstić information content (AvgIpc) is 3.20. The van der Waals surface area contributed by atoms with E-state index in [0.29, 0.717) is 23.4 Å². The van der Waals surface area contributed by atoms with Gasteiger partial charge in [-0.2, -0.15) is 0 Å². The summed E-state index contributed by atoms with van der Waals surface area (Å²) in [4.78, 5) is 36.3. The number of carboxylic acid groups (broad SMARTS) is 1. The number of carbonyl (C=O) groups excluding carboxylic acids is 1. The van der Waals surface area contributed by atoms with Crippen molar-refractivity contribution in [2.75, 3.05) is 0 Å². The molecule has 1 aromatic carbocycles. The maximum Gasteiger partial charge on any atom is 0.341 e. The summed E-state index contributed by atoms with van der Waals surface area (Å²) < 4.78 is 7.40. The van der Waals surface area contributed by atoms with Gasteiger partial charge in [-0.15, -0.1) is 0 Å². The molecule has 0 saturated carbocycles. The summed E-state index contributed by atoms with van der Waals surface area (Å²) in [5, 5.41) is 9.38. The van der Waals surface area contributed by atoms with Gasteiger partial charge in [-0.3, -0.25) is 9.59 Å². The van der Waals surface area contributed by atoms with Crippen molar-refractivity contribution in [1.29, 1.82) is 0 Å². The molecule has 1 aliphatic heterocycles. The minimum atomic E-state index is -1.24. The summed E-state index contributed by atoms with van der Waals surface area (Å²) in [5.74, 6) is -0.522. The summed E-state index contributed by atoms with van der Waals surface area (Å²) >= 11 is 0. The van der Waals surface area contributed by atoms with Gasteiger partial charge in [0.25, 0.3) is 0 Å². The lowest BCUT2D eigenvalue weighted by molar-refractivity contribution is 0.0694. The lowest BCUT2D eigenvalue weighted by Crippen LogP contribution is -2.28. The molecule has 29 heavy (non-hydrogen) atoms. The van der Waals surface area contributed by atoms with Crippen molar-refractivity contribution in [3.63, 3.8) is 0 Å². The van der Waals surface area contributed by atoms with Crippen LogP contribution in [-0.4, -0.2) is 21.4 Å². The molecule has 0 amide bonds. The molecule has 4 rings (SSSR count). The number of fused-ring (bicyclic) bond motifs is 3. The molecule has 0 radical (unpaired) electrons. The highest BCUT2D eigenvalue weighted by molar-refractivity contribution is 6.02. The van der Waals surface area contributed by atoms with Crippen LogP contribution in [0.25, 0.3) is 22.6 Å². The average molecular weight is 391 g/mol. The van der Waals surface area contributed by atoms with Crippen molar-refractivity contribution >= 4 is 11.8 Å². The van der Waals surface area contributed by atoms with Gasteiger partial charge in [0.05, 0.1) is 12.0 Å². The van der Waals surface area contributed by atoms with Crippen LogP contribution in [-0.2, 0) is 6.42 Å². The number of aromatic carboxylic acids is 1. The number of furan rings is 1. The van der Waals surface area contributed by atoms with Crippen molar-refractivity contribution in [3.05, 3.63) is 69.7 Å². The summed E-state index contributed by atoms with van der Waals surface area (Å²) in [7, 11) is 0. The van der Waals surface area contributed by atoms with Crippen LogP contribution in [0, 0.1) is 5.92 Å². The van der Waals surface area contributed by atoms with Crippen LogP contribution in [0.2, 0.25) is 0 Å². The zero-order valence-electron chi connectivity index (χ0n) is 16.4. The third-order valence-corrected chi connectivity index (χ3v) is 5.55. The van der Waals surface area contributed by atoms with Crippen LogP contribution in [0.3, 0.4) is 0 Å². The standard InChI is InChI=1S/C23H21NO5/c1-12(2)19-8-14-7-17(22-5-4-6-29-22)15(13(3)25)9-16(14)20-10-21(26)18(23(27)28)11-24(19)20/h4-7,9-12,19H,8H2,1-3H3,(H,27,28). The smallest absolute Gasteiger partial charge is 0.341 e. The Morgan fingerprint density at radius 3 is 2.52 bits per heavy atom. The maximum absolute atomic E-state index is 12.4. The second-order valence-electron chi connectivity index (χ2n) is 7.75. The van der Waals surface area contributed by atoms with Gasteiger partial charge in [-0.1, -0.05) is 13.8 Å². The zero-order valence-corrected chi connectivity index (χ0v) is 16.4. The Hall–Kier alpha value is -3.41. The molecule has 3 aromatic rings. The van der Waals surface area contributed by atoms with E-state index < -0.39 is 11.4 Å². The van der Waals surface area contributed by atoms with E-state index in [2.05, 4.69) is 13.8 Å². The number of carboxylic acids is 1. The van der Waals surface area contributed by atoms with Crippen LogP contribution in [0.4, 0.5) is 0 Å². The Balaban J connectivity index is 2.02. The number of aromatic nitrogens is 1. The van der Waals surface area contributed by atoms with Gasteiger partial charge in [0, 0.05) is 35.0 Å². The fraction of sp³-hybridized carbons (Fsp3) is 0.261. The van der Waals surface area contributed by atoms with Crippen molar-refractivity contribution in [2.24, 2.45) is 5.92 Å². The molecule has 0 bridgehead atoms. The minimum Gasteiger partial charge on any atom is -0.477 e. The van der Waals surface area contributed by atoms with Crippen LogP contribution in [0.15, 0.2) is 52.0 Å². The van der Waals surface area contributed by atoms with Crippen molar-refractivity contribution < 1.29 is 19.1 Å². The molecule has 1 atom stereocenters. The van der Waals surface area contributed by atoms with E-state index in [4.69, 9.17) is 4.42 Å². The van der Waals surface area contributed by atoms with Gasteiger partial charge >= 0.3 is 5.97 Å². The molecule has 1 aliphatic rings. The molecule has 6 heteroatoms. The summed E-state index contributed by atoms with van der Waals surface area (Å²) in [6.07, 6.45) is 3.66. The lowest BCUT2D eigenvalue weighted by atomic mass is 9.84. The number of nitrogens with zero attached hydrogens (tertiary/aromatic N) is 1. The highest BCUT2D eigenvalue weighted by atomic mass is 16.4. The number of rotatable bonds is 4. The predicted molar refractivity (Wildman–Crippen MR) is 108 cm³/mol. The molecule has 3 heterocycles. The molecular formula is C23H21NO5. The molecule has 1 unspecified atom stereocenters. The molecule has 0 spiro atoms. The first-order valence-corrected chi connectivity index (χ1v) is 9.49. The van der Waals surface area contributed by atoms with Crippen LogP contribution in [0.1, 0.15) is 53.1 Å². The Kier molecular flexibility index (Phi) is 4.49. The number of hydrogen-bond acceptors (Lipinski definition) is 4. The Morgan fingerprint density at radius 1 is 1.17 bits per heavy atom. The molecular weight excluding hydrogens is 370 g/mol. The highest BCUT2D eigenvalue weighted by Gasteiger charge is 2.29. The van der Waals surface area contributed by atoms with E-state index in [0.717, 1.165) is 16.7 Å². The van der Waals surface area contributed by atoms with Gasteiger partial charge in [-0.25, -0.2) is 4.79 Å². The third-order valence-electron chi connectivity index (χ3n) is 5.55. The summed E-state index contributed by atoms with van der Waals surface area (Å²) in [5.41, 5.74) is 2.85. The monoisotopic (exact) mass is 391 g/mol. The molecule has 0 fully saturated rings. The largest absolute Gasteiger partial charge is 0.477 e. The van der Waals surface area contributed by atoms with Crippen molar-refractivity contribution in [2.45, 2.75) is 33.2 Å². The minimum absolute atomic E-state index is 0.0103. The van der Waals surface area contributed by atoms with Gasteiger partial charge in [0.1, 0.15) is 11.3 Å². The Morgan fingerprint density at radius 2 is 1.93 bits per heavy atom. The number of ketones is 1. The number of hydrogen-bond donors (Lipinski definition) is 1. The first-order chi connectivity index (χ1) is 13.8. The molecule has 0 aliphatic carbocycles. The van der Waals surface area contributed by atoms with E-state index in [-0.39, 0.29) is 23.3 Å². The Labute approximate surface area is 167 Å². The summed E-state index contributed by atoms with van der Waals surface area (Å²) in [6.45, 7) is 5.62. The van der Waals surface area contributed by atoms with E-state index in [9.17, 15) is 19.5 Å². The second kappa shape index (κ2) is 6.88. The first kappa shape index (κ1) is 18.9. The number of benzene rings is 1. The third kappa shape index (κ3) is 3.10.